The van der Waals surface area contributed by atoms with E-state index < -0.39 is 0 Å². The van der Waals surface area contributed by atoms with Crippen molar-refractivity contribution < 1.29 is 14.0 Å². The fraction of sp³-hybridized carbons (Fsp3) is 0.143. The van der Waals surface area contributed by atoms with Gasteiger partial charge in [0, 0.05) is 12.2 Å². The van der Waals surface area contributed by atoms with Crippen molar-refractivity contribution in [1.82, 2.24) is 10.6 Å². The molecule has 138 valence electrons. The van der Waals surface area contributed by atoms with E-state index in [1.807, 2.05) is 36.4 Å². The van der Waals surface area contributed by atoms with Crippen molar-refractivity contribution in [1.29, 1.82) is 0 Å². The van der Waals surface area contributed by atoms with E-state index in [0.29, 0.717) is 30.1 Å². The fourth-order valence-corrected chi connectivity index (χ4v) is 2.55. The molecule has 0 atom stereocenters. The van der Waals surface area contributed by atoms with E-state index in [2.05, 4.69) is 16.0 Å². The van der Waals surface area contributed by atoms with Gasteiger partial charge >= 0.3 is 0 Å². The lowest BCUT2D eigenvalue weighted by atomic mass is 10.1. The van der Waals surface area contributed by atoms with Gasteiger partial charge in [-0.1, -0.05) is 42.5 Å². The first kappa shape index (κ1) is 18.3. The van der Waals surface area contributed by atoms with Crippen LogP contribution >= 0.6 is 0 Å². The molecule has 0 radical (unpaired) electrons. The van der Waals surface area contributed by atoms with Crippen molar-refractivity contribution in [2.45, 2.75) is 13.1 Å². The highest BCUT2D eigenvalue weighted by Crippen LogP contribution is 2.15. The molecule has 2 aromatic carbocycles. The summed E-state index contributed by atoms with van der Waals surface area (Å²) in [6.45, 7) is 0.847. The van der Waals surface area contributed by atoms with Crippen molar-refractivity contribution >= 4 is 17.5 Å². The minimum absolute atomic E-state index is 0.0787. The third-order valence-electron chi connectivity index (χ3n) is 3.95. The Balaban J connectivity index is 1.52. The van der Waals surface area contributed by atoms with Gasteiger partial charge in [0.1, 0.15) is 5.76 Å². The Hall–Kier alpha value is -3.54. The zero-order chi connectivity index (χ0) is 18.9. The minimum Gasteiger partial charge on any atom is -0.467 e. The lowest BCUT2D eigenvalue weighted by molar-refractivity contribution is -0.119. The molecule has 0 saturated carbocycles. The number of amides is 2. The van der Waals surface area contributed by atoms with E-state index in [-0.39, 0.29) is 18.4 Å². The summed E-state index contributed by atoms with van der Waals surface area (Å²) in [4.78, 5) is 24.5. The average Bonchev–Trinajstić information content (AvgIpc) is 3.23. The molecule has 3 aromatic rings. The molecule has 0 aliphatic heterocycles. The smallest absolute Gasteiger partial charge is 0.253 e. The molecule has 0 unspecified atom stereocenters. The van der Waals surface area contributed by atoms with Crippen LogP contribution in [0.2, 0.25) is 0 Å². The number of carbonyl (C=O) groups is 2. The van der Waals surface area contributed by atoms with Gasteiger partial charge in [-0.2, -0.15) is 0 Å². The number of anilines is 1. The third kappa shape index (κ3) is 5.47. The highest BCUT2D eigenvalue weighted by Gasteiger charge is 2.12. The van der Waals surface area contributed by atoms with Crippen LogP contribution in [-0.4, -0.2) is 18.4 Å². The molecule has 0 saturated heterocycles. The van der Waals surface area contributed by atoms with E-state index >= 15 is 0 Å². The van der Waals surface area contributed by atoms with Crippen LogP contribution in [0.15, 0.2) is 77.4 Å². The average molecular weight is 363 g/mol. The predicted octanol–water partition coefficient (Wildman–Crippen LogP) is 2.94. The summed E-state index contributed by atoms with van der Waals surface area (Å²) < 4.78 is 5.21. The molecule has 0 spiro atoms. The Morgan fingerprint density at radius 3 is 2.37 bits per heavy atom. The fourth-order valence-electron chi connectivity index (χ4n) is 2.55. The number of hydrogen-bond donors (Lipinski definition) is 3. The summed E-state index contributed by atoms with van der Waals surface area (Å²) in [5, 5.41) is 8.68. The van der Waals surface area contributed by atoms with Gasteiger partial charge in [0.15, 0.2) is 0 Å². The SMILES string of the molecule is O=C(CNc1ccccc1C(=O)NCc1ccco1)NCc1ccccc1. The zero-order valence-electron chi connectivity index (χ0n) is 14.8. The maximum atomic E-state index is 12.4. The number of furan rings is 1. The summed E-state index contributed by atoms with van der Waals surface area (Å²) in [5.74, 6) is 0.290. The second-order valence-corrected chi connectivity index (χ2v) is 5.92. The maximum Gasteiger partial charge on any atom is 0.253 e. The number of carbonyl (C=O) groups excluding carboxylic acids is 2. The van der Waals surface area contributed by atoms with E-state index in [1.165, 1.54) is 0 Å². The van der Waals surface area contributed by atoms with Crippen LogP contribution in [0.4, 0.5) is 5.69 Å². The van der Waals surface area contributed by atoms with Crippen LogP contribution in [0, 0.1) is 0 Å². The standard InChI is InChI=1S/C21H21N3O3/c25-20(23-13-16-7-2-1-3-8-16)15-22-19-11-5-4-10-18(19)21(26)24-14-17-9-6-12-27-17/h1-12,22H,13-15H2,(H,23,25)(H,24,26). The molecule has 27 heavy (non-hydrogen) atoms. The third-order valence-corrected chi connectivity index (χ3v) is 3.95. The quantitative estimate of drug-likeness (QED) is 0.575. The van der Waals surface area contributed by atoms with Gasteiger partial charge in [0.2, 0.25) is 5.91 Å². The van der Waals surface area contributed by atoms with Crippen molar-refractivity contribution in [3.05, 3.63) is 89.9 Å². The topological polar surface area (TPSA) is 83.4 Å². The number of hydrogen-bond acceptors (Lipinski definition) is 4. The zero-order valence-corrected chi connectivity index (χ0v) is 14.8. The van der Waals surface area contributed by atoms with Gasteiger partial charge in [-0.3, -0.25) is 9.59 Å². The Labute approximate surface area is 157 Å². The van der Waals surface area contributed by atoms with Gasteiger partial charge in [0.05, 0.1) is 24.9 Å². The highest BCUT2D eigenvalue weighted by molar-refractivity contribution is 6.00. The first-order chi connectivity index (χ1) is 13.2. The lowest BCUT2D eigenvalue weighted by Crippen LogP contribution is -2.30. The molecule has 0 fully saturated rings. The molecule has 3 N–H and O–H groups in total. The van der Waals surface area contributed by atoms with Gasteiger partial charge in [-0.15, -0.1) is 0 Å². The molecule has 0 aliphatic rings. The first-order valence-electron chi connectivity index (χ1n) is 8.66. The summed E-state index contributed by atoms with van der Waals surface area (Å²) in [7, 11) is 0. The largest absolute Gasteiger partial charge is 0.467 e. The van der Waals surface area contributed by atoms with Gasteiger partial charge in [-0.25, -0.2) is 0 Å². The van der Waals surface area contributed by atoms with Crippen LogP contribution in [-0.2, 0) is 17.9 Å². The van der Waals surface area contributed by atoms with Gasteiger partial charge in [0.25, 0.3) is 5.91 Å². The van der Waals surface area contributed by atoms with Crippen LogP contribution in [0.1, 0.15) is 21.7 Å². The Morgan fingerprint density at radius 1 is 0.815 bits per heavy atom. The molecule has 0 bridgehead atoms. The highest BCUT2D eigenvalue weighted by atomic mass is 16.3. The summed E-state index contributed by atoms with van der Waals surface area (Å²) in [5.41, 5.74) is 2.10. The maximum absolute atomic E-state index is 12.4. The molecule has 0 aliphatic carbocycles. The molecule has 3 rings (SSSR count). The number of para-hydroxylation sites is 1. The Morgan fingerprint density at radius 2 is 1.59 bits per heavy atom. The second-order valence-electron chi connectivity index (χ2n) is 5.92. The molecule has 1 heterocycles. The molecular formula is C21H21N3O3. The Kier molecular flexibility index (Phi) is 6.25. The first-order valence-corrected chi connectivity index (χ1v) is 8.66. The van der Waals surface area contributed by atoms with Gasteiger partial charge < -0.3 is 20.4 Å². The van der Waals surface area contributed by atoms with Crippen LogP contribution < -0.4 is 16.0 Å². The van der Waals surface area contributed by atoms with Crippen molar-refractivity contribution in [2.24, 2.45) is 0 Å². The van der Waals surface area contributed by atoms with E-state index in [9.17, 15) is 9.59 Å². The van der Waals surface area contributed by atoms with Crippen molar-refractivity contribution in [3.63, 3.8) is 0 Å². The lowest BCUT2D eigenvalue weighted by Gasteiger charge is -2.12. The predicted molar refractivity (Wildman–Crippen MR) is 103 cm³/mol. The minimum atomic E-state index is -0.237. The summed E-state index contributed by atoms with van der Waals surface area (Å²) in [6, 6.07) is 20.3. The van der Waals surface area contributed by atoms with Gasteiger partial charge in [-0.05, 0) is 29.8 Å². The molecular weight excluding hydrogens is 342 g/mol. The summed E-state index contributed by atoms with van der Waals surface area (Å²) >= 11 is 0. The number of nitrogens with one attached hydrogen (secondary N) is 3. The van der Waals surface area contributed by atoms with Crippen molar-refractivity contribution in [2.75, 3.05) is 11.9 Å². The molecule has 1 aromatic heterocycles. The Bertz CT molecular complexity index is 877. The van der Waals surface area contributed by atoms with Crippen LogP contribution in [0.25, 0.3) is 0 Å². The molecule has 6 heteroatoms. The second kappa shape index (κ2) is 9.24. The van der Waals surface area contributed by atoms with Crippen molar-refractivity contribution in [3.8, 4) is 0 Å². The van der Waals surface area contributed by atoms with E-state index in [1.54, 1.807) is 36.6 Å². The number of benzene rings is 2. The van der Waals surface area contributed by atoms with Crippen LogP contribution in [0.3, 0.4) is 0 Å². The van der Waals surface area contributed by atoms with E-state index in [0.717, 1.165) is 5.56 Å². The molecule has 2 amide bonds. The summed E-state index contributed by atoms with van der Waals surface area (Å²) in [6.07, 6.45) is 1.56. The van der Waals surface area contributed by atoms with E-state index in [4.69, 9.17) is 4.42 Å². The molecule has 6 nitrogen and oxygen atoms in total. The monoisotopic (exact) mass is 363 g/mol. The number of rotatable bonds is 8. The van der Waals surface area contributed by atoms with Crippen LogP contribution in [0.5, 0.6) is 0 Å². The normalized spacial score (nSPS) is 10.2.